The van der Waals surface area contributed by atoms with Gasteiger partial charge in [-0.15, -0.1) is 0 Å². The lowest BCUT2D eigenvalue weighted by Gasteiger charge is -2.46. The smallest absolute Gasteiger partial charge is 0.303 e. The van der Waals surface area contributed by atoms with Crippen molar-refractivity contribution < 1.29 is 101 Å². The number of nitrogens with one attached hydrogen (secondary N) is 8. The van der Waals surface area contributed by atoms with Gasteiger partial charge in [0.15, 0.2) is 18.5 Å². The third-order valence-electron chi connectivity index (χ3n) is 11.9. The monoisotopic (exact) mass is 1140 g/mol. The SMILES string of the molecule is CC(=O)N[C@H]1[C@@H](O[C@H](C)[C@H](NC(=O)[C@H](CCC(N)=O)NC(=O)[C@H](C)NC(=O)[C@H](CC(C)C)NC(=O)[C@H](CCC(=O)O)NC(C)=O)C(=O)NCC(=O)N2CCC[C@H]2C(=O)NCC(N)=O)O[C@H](COC(C)=O)[C@H](OC(C)=O)[C@@H]1OC(C)=O. The molecule has 0 radical (unpaired) electrons. The number of hydrogen-bond donors (Lipinski definition) is 11. The highest BCUT2D eigenvalue weighted by molar-refractivity contribution is 5.97. The molecule has 0 aromatic heterocycles. The molecular formula is C48H75N11O21. The first-order valence-corrected chi connectivity index (χ1v) is 25.5. The molecule has 2 aliphatic heterocycles. The third kappa shape index (κ3) is 23.5. The summed E-state index contributed by atoms with van der Waals surface area (Å²) in [5.41, 5.74) is 10.6. The summed E-state index contributed by atoms with van der Waals surface area (Å²) in [4.78, 5) is 193. The van der Waals surface area contributed by atoms with E-state index in [1.807, 2.05) is 0 Å². The number of esters is 3. The normalized spacial score (nSPS) is 20.8. The van der Waals surface area contributed by atoms with Gasteiger partial charge in [0.1, 0.15) is 55.0 Å². The Labute approximate surface area is 460 Å². The predicted octanol–water partition coefficient (Wildman–Crippen LogP) is -5.60. The van der Waals surface area contributed by atoms with Gasteiger partial charge in [-0.2, -0.15) is 0 Å². The molecule has 0 aromatic rings. The first kappa shape index (κ1) is 68.1. The molecule has 448 valence electrons. The van der Waals surface area contributed by atoms with Gasteiger partial charge in [-0.3, -0.25) is 71.9 Å². The zero-order valence-corrected chi connectivity index (χ0v) is 46.0. The zero-order chi connectivity index (χ0) is 60.7. The highest BCUT2D eigenvalue weighted by Crippen LogP contribution is 2.29. The Morgan fingerprint density at radius 1 is 0.637 bits per heavy atom. The quantitative estimate of drug-likeness (QED) is 0.0228. The molecule has 0 spiro atoms. The van der Waals surface area contributed by atoms with Crippen LogP contribution >= 0.6 is 0 Å². The van der Waals surface area contributed by atoms with Gasteiger partial charge < -0.3 is 87.7 Å². The summed E-state index contributed by atoms with van der Waals surface area (Å²) in [5, 5.41) is 28.4. The van der Waals surface area contributed by atoms with Crippen molar-refractivity contribution in [2.24, 2.45) is 17.4 Å². The standard InChI is InChI=1S/C48H75N11O21/c1-21(2)17-31(57-43(71)29(54-24(5)60)13-15-37(68)69)45(73)53-22(3)42(70)56-30(12-14-34(49)65)44(72)58-38(47(75)52-19-36(67)59-16-10-11-32(59)46(74)51-18-35(50)66)23(4)77-48-39(55-25(6)61)41(79-28(9)64)40(78-27(8)63)33(80-48)20-76-26(7)62/h21-23,29-33,38-41,48H,10-20H2,1-9H3,(H2,49,65)(H2,50,66)(H,51,74)(H,52,75)(H,53,73)(H,54,60)(H,55,61)(H,56,70)(H,57,71)(H,58,72)(H,68,69)/t22-,23+,29-,30-,31-,32-,33+,38-,39+,40-,41+,48-/m0/s1. The molecule has 32 nitrogen and oxygen atoms in total. The van der Waals surface area contributed by atoms with E-state index in [4.69, 9.17) is 35.2 Å². The van der Waals surface area contributed by atoms with Gasteiger partial charge in [-0.25, -0.2) is 0 Å². The molecule has 0 aliphatic carbocycles. The van der Waals surface area contributed by atoms with E-state index in [0.717, 1.165) is 39.5 Å². The van der Waals surface area contributed by atoms with Crippen LogP contribution in [0.15, 0.2) is 0 Å². The van der Waals surface area contributed by atoms with Gasteiger partial charge in [0.25, 0.3) is 0 Å². The summed E-state index contributed by atoms with van der Waals surface area (Å²) in [7, 11) is 0. The van der Waals surface area contributed by atoms with Gasteiger partial charge in [0, 0.05) is 54.0 Å². The number of hydrogen-bond acceptors (Lipinski definition) is 20. The molecule has 11 amide bonds. The van der Waals surface area contributed by atoms with Crippen LogP contribution in [-0.4, -0.2) is 198 Å². The van der Waals surface area contributed by atoms with E-state index in [1.54, 1.807) is 13.8 Å². The Kier molecular flexibility index (Phi) is 27.9. The average molecular weight is 1140 g/mol. The summed E-state index contributed by atoms with van der Waals surface area (Å²) in [6.45, 7) is 9.09. The van der Waals surface area contributed by atoms with Crippen LogP contribution < -0.4 is 54.0 Å². The number of carboxylic acid groups (broad SMARTS) is 1. The molecule has 32 heteroatoms. The van der Waals surface area contributed by atoms with Crippen LogP contribution in [0.1, 0.15) is 107 Å². The minimum atomic E-state index is -1.96. The second-order valence-electron chi connectivity index (χ2n) is 19.4. The van der Waals surface area contributed by atoms with Crippen LogP contribution in [-0.2, 0) is 95.6 Å². The molecule has 0 bridgehead atoms. The fraction of sp³-hybridized carbons (Fsp3) is 0.688. The first-order chi connectivity index (χ1) is 37.3. The number of primary amides is 2. The van der Waals surface area contributed by atoms with Gasteiger partial charge >= 0.3 is 23.9 Å². The van der Waals surface area contributed by atoms with E-state index in [2.05, 4.69) is 42.5 Å². The van der Waals surface area contributed by atoms with Crippen LogP contribution in [0.5, 0.6) is 0 Å². The van der Waals surface area contributed by atoms with Gasteiger partial charge in [0.05, 0.1) is 19.2 Å². The molecule has 2 fully saturated rings. The molecule has 0 unspecified atom stereocenters. The Bertz CT molecular complexity index is 2320. The van der Waals surface area contributed by atoms with E-state index in [9.17, 15) is 77.0 Å². The zero-order valence-electron chi connectivity index (χ0n) is 46.0. The van der Waals surface area contributed by atoms with Crippen LogP contribution in [0.25, 0.3) is 0 Å². The molecule has 13 N–H and O–H groups in total. The number of carboxylic acids is 1. The van der Waals surface area contributed by atoms with Gasteiger partial charge in [0.2, 0.25) is 65.0 Å². The topological polar surface area (TPSA) is 474 Å². The summed E-state index contributed by atoms with van der Waals surface area (Å²) in [6, 6.07) is -10.6. The highest BCUT2D eigenvalue weighted by Gasteiger charge is 2.52. The number of ether oxygens (including phenoxy) is 5. The molecule has 12 atom stereocenters. The summed E-state index contributed by atoms with van der Waals surface area (Å²) >= 11 is 0. The van der Waals surface area contributed by atoms with Crippen LogP contribution in [0.4, 0.5) is 0 Å². The Balaban J connectivity index is 2.62. The lowest BCUT2D eigenvalue weighted by Crippen LogP contribution is -2.68. The van der Waals surface area contributed by atoms with Crippen molar-refractivity contribution in [3.05, 3.63) is 0 Å². The number of carbonyl (C=O) groups excluding carboxylic acids is 14. The summed E-state index contributed by atoms with van der Waals surface area (Å²) < 4.78 is 28.4. The maximum atomic E-state index is 14.4. The lowest BCUT2D eigenvalue weighted by molar-refractivity contribution is -0.287. The van der Waals surface area contributed by atoms with E-state index in [-0.39, 0.29) is 31.7 Å². The molecule has 2 rings (SSSR count). The fourth-order valence-electron chi connectivity index (χ4n) is 8.34. The summed E-state index contributed by atoms with van der Waals surface area (Å²) in [6.07, 6.45) is -9.61. The van der Waals surface area contributed by atoms with Crippen LogP contribution in [0, 0.1) is 5.92 Å². The molecule has 80 heavy (non-hydrogen) atoms. The third-order valence-corrected chi connectivity index (χ3v) is 11.9. The van der Waals surface area contributed by atoms with Crippen LogP contribution in [0.2, 0.25) is 0 Å². The minimum Gasteiger partial charge on any atom is -0.481 e. The van der Waals surface area contributed by atoms with Crippen LogP contribution in [0.3, 0.4) is 0 Å². The lowest BCUT2D eigenvalue weighted by atomic mass is 9.95. The van der Waals surface area contributed by atoms with E-state index in [1.165, 1.54) is 13.8 Å². The number of amides is 11. The minimum absolute atomic E-state index is 0.0109. The van der Waals surface area contributed by atoms with Crippen molar-refractivity contribution in [1.29, 1.82) is 0 Å². The highest BCUT2D eigenvalue weighted by atomic mass is 16.7. The Morgan fingerprint density at radius 2 is 1.21 bits per heavy atom. The van der Waals surface area contributed by atoms with Crippen molar-refractivity contribution in [2.75, 3.05) is 26.2 Å². The van der Waals surface area contributed by atoms with Gasteiger partial charge in [-0.05, 0) is 51.9 Å². The van der Waals surface area contributed by atoms with E-state index >= 15 is 0 Å². The van der Waals surface area contributed by atoms with Crippen molar-refractivity contribution in [3.8, 4) is 0 Å². The maximum absolute atomic E-state index is 14.4. The molecule has 0 aromatic carbocycles. The Hall–Kier alpha value is -8.03. The van der Waals surface area contributed by atoms with E-state index in [0.29, 0.717) is 6.42 Å². The summed E-state index contributed by atoms with van der Waals surface area (Å²) in [5.74, 6) is -14.2. The number of carbonyl (C=O) groups is 15. The number of nitrogens with two attached hydrogens (primary N) is 2. The second kappa shape index (κ2) is 32.8. The van der Waals surface area contributed by atoms with Crippen molar-refractivity contribution in [1.82, 2.24) is 47.4 Å². The second-order valence-corrected chi connectivity index (χ2v) is 19.4. The molecule has 2 heterocycles. The maximum Gasteiger partial charge on any atom is 0.303 e. The molecular weight excluding hydrogens is 1070 g/mol. The van der Waals surface area contributed by atoms with Crippen molar-refractivity contribution in [3.63, 3.8) is 0 Å². The largest absolute Gasteiger partial charge is 0.481 e. The van der Waals surface area contributed by atoms with Gasteiger partial charge in [-0.1, -0.05) is 13.8 Å². The molecule has 0 saturated carbocycles. The Morgan fingerprint density at radius 3 is 1.76 bits per heavy atom. The van der Waals surface area contributed by atoms with Crippen molar-refractivity contribution in [2.45, 2.75) is 180 Å². The average Bonchev–Trinajstić information content (AvgIpc) is 3.84. The number of likely N-dealkylation sites (tertiary alicyclic amines) is 1. The van der Waals surface area contributed by atoms with E-state index < -0.39 is 201 Å². The molecule has 2 aliphatic rings. The number of nitrogens with zero attached hydrogens (tertiary/aromatic N) is 1. The fourth-order valence-corrected chi connectivity index (χ4v) is 8.34. The predicted molar refractivity (Wildman–Crippen MR) is 270 cm³/mol. The molecule has 2 saturated heterocycles. The number of aliphatic carboxylic acids is 1. The van der Waals surface area contributed by atoms with Crippen molar-refractivity contribution >= 4 is 88.9 Å². The number of rotatable bonds is 31. The first-order valence-electron chi connectivity index (χ1n) is 25.5.